The molecule has 0 radical (unpaired) electrons. The van der Waals surface area contributed by atoms with Crippen molar-refractivity contribution < 1.29 is 32.6 Å². The summed E-state index contributed by atoms with van der Waals surface area (Å²) in [5.74, 6) is -6.03. The van der Waals surface area contributed by atoms with Crippen molar-refractivity contribution in [3.05, 3.63) is 0 Å². The average molecular weight is 283 g/mol. The molecule has 19 heavy (non-hydrogen) atoms. The van der Waals surface area contributed by atoms with Gasteiger partial charge in [0.15, 0.2) is 0 Å². The second-order valence-electron chi connectivity index (χ2n) is 5.48. The van der Waals surface area contributed by atoms with E-state index in [1.807, 2.05) is 0 Å². The van der Waals surface area contributed by atoms with E-state index >= 15 is 0 Å². The molecule has 1 rings (SSSR count). The Labute approximate surface area is 108 Å². The lowest BCUT2D eigenvalue weighted by molar-refractivity contribution is -0.161. The van der Waals surface area contributed by atoms with Gasteiger partial charge in [0.25, 0.3) is 0 Å². The molecule has 0 spiro atoms. The fraction of sp³-hybridized carbons (Fsp3) is 0.818. The molecule has 0 aromatic carbocycles. The molecule has 1 fully saturated rings. The van der Waals surface area contributed by atoms with E-state index in [0.717, 1.165) is 0 Å². The molecule has 1 saturated carbocycles. The van der Waals surface area contributed by atoms with Crippen LogP contribution in [0, 0.1) is 17.8 Å². The molecule has 2 N–H and O–H groups in total. The number of rotatable bonds is 3. The second-order valence-corrected chi connectivity index (χ2v) is 5.48. The molecule has 1 aliphatic rings. The number of carbonyl (C=O) groups excluding carboxylic acids is 1. The lowest BCUT2D eigenvalue weighted by Crippen LogP contribution is -2.34. The Balaban J connectivity index is 2.50. The molecular formula is C11H16F3NO4. The largest absolute Gasteiger partial charge is 0.481 e. The zero-order valence-electron chi connectivity index (χ0n) is 10.7. The van der Waals surface area contributed by atoms with Crippen LogP contribution in [0.15, 0.2) is 0 Å². The van der Waals surface area contributed by atoms with Crippen LogP contribution in [0.2, 0.25) is 0 Å². The molecule has 0 saturated heterocycles. The molecule has 0 aliphatic heterocycles. The summed E-state index contributed by atoms with van der Waals surface area (Å²) in [7, 11) is 0. The van der Waals surface area contributed by atoms with E-state index in [1.165, 1.54) is 0 Å². The number of hydrogen-bond donors (Lipinski definition) is 2. The van der Waals surface area contributed by atoms with E-state index in [4.69, 9.17) is 9.84 Å². The molecule has 5 nitrogen and oxygen atoms in total. The van der Waals surface area contributed by atoms with E-state index in [0.29, 0.717) is 0 Å². The third-order valence-electron chi connectivity index (χ3n) is 2.71. The zero-order chi connectivity index (χ0) is 15.0. The number of alkyl halides is 3. The topological polar surface area (TPSA) is 75.6 Å². The van der Waals surface area contributed by atoms with Crippen molar-refractivity contribution in [2.45, 2.75) is 32.5 Å². The normalized spacial score (nSPS) is 26.7. The second kappa shape index (κ2) is 4.90. The number of alkyl carbamates (subject to hydrolysis) is 1. The maximum atomic E-state index is 12.5. The molecule has 3 atom stereocenters. The molecule has 8 heteroatoms. The number of aliphatic carboxylic acids is 1. The van der Waals surface area contributed by atoms with E-state index in [9.17, 15) is 22.8 Å². The number of ether oxygens (including phenoxy) is 1. The first-order valence-corrected chi connectivity index (χ1v) is 5.70. The SMILES string of the molecule is CC(C)(C)OC(=O)NC[C@@H]1[C@H](C(=O)O)[C@H]1C(F)(F)F. The van der Waals surface area contributed by atoms with Crippen LogP contribution >= 0.6 is 0 Å². The fourth-order valence-electron chi connectivity index (χ4n) is 1.93. The van der Waals surface area contributed by atoms with E-state index in [-0.39, 0.29) is 6.54 Å². The van der Waals surface area contributed by atoms with E-state index in [1.54, 1.807) is 20.8 Å². The highest BCUT2D eigenvalue weighted by Crippen LogP contribution is 2.55. The van der Waals surface area contributed by atoms with Crippen molar-refractivity contribution in [1.29, 1.82) is 0 Å². The summed E-state index contributed by atoms with van der Waals surface area (Å²) in [6, 6.07) is 0. The molecule has 0 aromatic heterocycles. The standard InChI is InChI=1S/C11H16F3NO4/c1-10(2,3)19-9(18)15-4-5-6(8(16)17)7(5)11(12,13)14/h5-7H,4H2,1-3H3,(H,15,18)(H,16,17)/t5-,6+,7+/m1/s1. The van der Waals surface area contributed by atoms with Crippen molar-refractivity contribution in [2.24, 2.45) is 17.8 Å². The Bertz CT molecular complexity index is 375. The summed E-state index contributed by atoms with van der Waals surface area (Å²) >= 11 is 0. The number of carbonyl (C=O) groups is 2. The third kappa shape index (κ3) is 4.29. The van der Waals surface area contributed by atoms with Gasteiger partial charge < -0.3 is 15.2 Å². The Kier molecular flexibility index (Phi) is 4.02. The van der Waals surface area contributed by atoms with Crippen molar-refractivity contribution in [1.82, 2.24) is 5.32 Å². The summed E-state index contributed by atoms with van der Waals surface area (Å²) in [6.45, 7) is 4.48. The minimum Gasteiger partial charge on any atom is -0.481 e. The van der Waals surface area contributed by atoms with Gasteiger partial charge >= 0.3 is 18.2 Å². The van der Waals surface area contributed by atoms with Crippen LogP contribution in [0.1, 0.15) is 20.8 Å². The summed E-state index contributed by atoms with van der Waals surface area (Å²) in [5.41, 5.74) is -0.761. The maximum Gasteiger partial charge on any atom is 0.407 e. The van der Waals surface area contributed by atoms with Gasteiger partial charge in [-0.3, -0.25) is 4.79 Å². The van der Waals surface area contributed by atoms with Crippen molar-refractivity contribution in [3.8, 4) is 0 Å². The lowest BCUT2D eigenvalue weighted by atomic mass is 10.2. The first-order chi connectivity index (χ1) is 8.43. The molecule has 0 aromatic rings. The predicted molar refractivity (Wildman–Crippen MR) is 58.4 cm³/mol. The van der Waals surface area contributed by atoms with E-state index < -0.39 is 41.6 Å². The highest BCUT2D eigenvalue weighted by molar-refractivity contribution is 5.75. The van der Waals surface area contributed by atoms with Gasteiger partial charge in [0.2, 0.25) is 0 Å². The Morgan fingerprint density at radius 3 is 2.11 bits per heavy atom. The average Bonchev–Trinajstić information content (AvgIpc) is 2.85. The van der Waals surface area contributed by atoms with Gasteiger partial charge in [-0.05, 0) is 20.8 Å². The van der Waals surface area contributed by atoms with Crippen LogP contribution in [0.3, 0.4) is 0 Å². The number of carboxylic acid groups (broad SMARTS) is 1. The number of halogens is 3. The Morgan fingerprint density at radius 1 is 1.26 bits per heavy atom. The van der Waals surface area contributed by atoms with Gasteiger partial charge in [0.1, 0.15) is 5.60 Å². The van der Waals surface area contributed by atoms with Gasteiger partial charge in [-0.15, -0.1) is 0 Å². The van der Waals surface area contributed by atoms with Gasteiger partial charge in [-0.2, -0.15) is 13.2 Å². The number of hydrogen-bond acceptors (Lipinski definition) is 3. The summed E-state index contributed by atoms with van der Waals surface area (Å²) in [5, 5.41) is 10.8. The minimum absolute atomic E-state index is 0.365. The monoisotopic (exact) mass is 283 g/mol. The fourth-order valence-corrected chi connectivity index (χ4v) is 1.93. The molecule has 1 amide bonds. The van der Waals surface area contributed by atoms with Gasteiger partial charge in [-0.1, -0.05) is 0 Å². The first-order valence-electron chi connectivity index (χ1n) is 5.70. The van der Waals surface area contributed by atoms with Gasteiger partial charge in [0.05, 0.1) is 11.8 Å². The number of carboxylic acids is 1. The molecule has 0 bridgehead atoms. The maximum absolute atomic E-state index is 12.5. The van der Waals surface area contributed by atoms with Crippen LogP contribution in [0.25, 0.3) is 0 Å². The highest BCUT2D eigenvalue weighted by atomic mass is 19.4. The smallest absolute Gasteiger partial charge is 0.407 e. The number of amides is 1. The van der Waals surface area contributed by atoms with E-state index in [2.05, 4.69) is 5.32 Å². The van der Waals surface area contributed by atoms with Crippen molar-refractivity contribution >= 4 is 12.1 Å². The first kappa shape index (κ1) is 15.6. The summed E-state index contributed by atoms with van der Waals surface area (Å²) in [6.07, 6.45) is -5.42. The predicted octanol–water partition coefficient (Wildman–Crippen LogP) is 2.02. The molecule has 110 valence electrons. The molecular weight excluding hydrogens is 267 g/mol. The molecule has 1 aliphatic carbocycles. The third-order valence-corrected chi connectivity index (χ3v) is 2.71. The molecule has 0 heterocycles. The van der Waals surface area contributed by atoms with Gasteiger partial charge in [0, 0.05) is 12.5 Å². The van der Waals surface area contributed by atoms with Crippen LogP contribution < -0.4 is 5.32 Å². The highest BCUT2D eigenvalue weighted by Gasteiger charge is 2.67. The summed E-state index contributed by atoms with van der Waals surface area (Å²) < 4.78 is 42.3. The number of nitrogens with one attached hydrogen (secondary N) is 1. The van der Waals surface area contributed by atoms with Crippen LogP contribution in [0.4, 0.5) is 18.0 Å². The van der Waals surface area contributed by atoms with Gasteiger partial charge in [-0.25, -0.2) is 4.79 Å². The Morgan fingerprint density at radius 2 is 1.79 bits per heavy atom. The van der Waals surface area contributed by atoms with Crippen LogP contribution in [0.5, 0.6) is 0 Å². The quantitative estimate of drug-likeness (QED) is 0.831. The van der Waals surface area contributed by atoms with Crippen molar-refractivity contribution in [3.63, 3.8) is 0 Å². The minimum atomic E-state index is -4.57. The van der Waals surface area contributed by atoms with Crippen LogP contribution in [-0.4, -0.2) is 35.5 Å². The zero-order valence-corrected chi connectivity index (χ0v) is 10.7. The van der Waals surface area contributed by atoms with Crippen LogP contribution in [-0.2, 0) is 9.53 Å². The van der Waals surface area contributed by atoms with Crippen molar-refractivity contribution in [2.75, 3.05) is 6.54 Å². The molecule has 0 unspecified atom stereocenters. The lowest BCUT2D eigenvalue weighted by Gasteiger charge is -2.19. The Hall–Kier alpha value is -1.47. The summed E-state index contributed by atoms with van der Waals surface area (Å²) in [4.78, 5) is 21.9.